The van der Waals surface area contributed by atoms with Crippen LogP contribution in [-0.4, -0.2) is 53.0 Å². The van der Waals surface area contributed by atoms with E-state index < -0.39 is 0 Å². The quantitative estimate of drug-likeness (QED) is 0.698. The van der Waals surface area contributed by atoms with Gasteiger partial charge in [-0.1, -0.05) is 6.07 Å². The van der Waals surface area contributed by atoms with E-state index in [1.54, 1.807) is 21.3 Å². The molecule has 0 aromatic heterocycles. The largest absolute Gasteiger partial charge is 0.493 e. The Labute approximate surface area is 121 Å². The average molecular weight is 282 g/mol. The van der Waals surface area contributed by atoms with Crippen molar-refractivity contribution in [3.8, 4) is 11.5 Å². The van der Waals surface area contributed by atoms with Crippen LogP contribution in [0.4, 0.5) is 0 Å². The lowest BCUT2D eigenvalue weighted by atomic mass is 10.1. The van der Waals surface area contributed by atoms with Crippen LogP contribution in [0.3, 0.4) is 0 Å². The van der Waals surface area contributed by atoms with Gasteiger partial charge < -0.3 is 24.8 Å². The third-order valence-corrected chi connectivity index (χ3v) is 3.23. The number of ether oxygens (including phenoxy) is 3. The van der Waals surface area contributed by atoms with E-state index in [4.69, 9.17) is 19.9 Å². The molecule has 1 rings (SSSR count). The number of benzene rings is 1. The van der Waals surface area contributed by atoms with Gasteiger partial charge in [-0.15, -0.1) is 0 Å². The minimum Gasteiger partial charge on any atom is -0.493 e. The molecule has 0 heterocycles. The highest BCUT2D eigenvalue weighted by Gasteiger charge is 2.12. The van der Waals surface area contributed by atoms with Crippen molar-refractivity contribution < 1.29 is 14.2 Å². The highest BCUT2D eigenvalue weighted by atomic mass is 16.5. The molecule has 0 spiro atoms. The Hall–Kier alpha value is -1.30. The summed E-state index contributed by atoms with van der Waals surface area (Å²) in [6.07, 6.45) is 1.01. The third-order valence-electron chi connectivity index (χ3n) is 3.23. The predicted octanol–water partition coefficient (Wildman–Crippen LogP) is 1.67. The molecular formula is C15H26N2O3. The molecular weight excluding hydrogens is 256 g/mol. The van der Waals surface area contributed by atoms with Crippen molar-refractivity contribution in [2.75, 3.05) is 48.1 Å². The Kier molecular flexibility index (Phi) is 7.36. The van der Waals surface area contributed by atoms with Gasteiger partial charge in [0.05, 0.1) is 14.2 Å². The molecule has 2 N–H and O–H groups in total. The molecule has 0 aliphatic heterocycles. The zero-order valence-corrected chi connectivity index (χ0v) is 12.9. The molecule has 0 radical (unpaired) electrons. The van der Waals surface area contributed by atoms with Crippen LogP contribution in [0.15, 0.2) is 18.2 Å². The summed E-state index contributed by atoms with van der Waals surface area (Å²) in [7, 11) is 7.04. The molecule has 114 valence electrons. The van der Waals surface area contributed by atoms with E-state index >= 15 is 0 Å². The normalized spacial score (nSPS) is 12.5. The summed E-state index contributed by atoms with van der Waals surface area (Å²) in [4.78, 5) is 2.21. The maximum atomic E-state index is 6.25. The number of hydrogen-bond acceptors (Lipinski definition) is 5. The number of nitrogens with zero attached hydrogens (tertiary/aromatic N) is 1. The van der Waals surface area contributed by atoms with Gasteiger partial charge in [0.25, 0.3) is 0 Å². The van der Waals surface area contributed by atoms with Gasteiger partial charge in [0.15, 0.2) is 11.5 Å². The molecule has 0 fully saturated rings. The monoisotopic (exact) mass is 282 g/mol. The van der Waals surface area contributed by atoms with Crippen LogP contribution in [-0.2, 0) is 4.74 Å². The molecule has 0 amide bonds. The minimum absolute atomic E-state index is 0.0534. The van der Waals surface area contributed by atoms with Crippen LogP contribution < -0.4 is 15.2 Å². The second-order valence-corrected chi connectivity index (χ2v) is 4.83. The molecule has 1 aromatic carbocycles. The first kappa shape index (κ1) is 16.8. The van der Waals surface area contributed by atoms with Gasteiger partial charge in [0.1, 0.15) is 0 Å². The summed E-state index contributed by atoms with van der Waals surface area (Å²) in [5.74, 6) is 1.43. The van der Waals surface area contributed by atoms with Crippen molar-refractivity contribution in [3.05, 3.63) is 23.8 Å². The van der Waals surface area contributed by atoms with Crippen LogP contribution >= 0.6 is 0 Å². The lowest BCUT2D eigenvalue weighted by Gasteiger charge is -2.22. The van der Waals surface area contributed by atoms with Crippen LogP contribution in [0, 0.1) is 0 Å². The summed E-state index contributed by atoms with van der Waals surface area (Å²) in [6.45, 7) is 2.53. The SMILES string of the molecule is COCCCN(C)CC(N)c1ccc(OC)c(OC)c1. The molecule has 0 saturated heterocycles. The molecule has 1 unspecified atom stereocenters. The molecule has 0 bridgehead atoms. The van der Waals surface area contributed by atoms with Gasteiger partial charge in [-0.25, -0.2) is 0 Å². The first-order valence-electron chi connectivity index (χ1n) is 6.77. The number of likely N-dealkylation sites (N-methyl/N-ethyl adjacent to an activating group) is 1. The van der Waals surface area contributed by atoms with Gasteiger partial charge in [-0.2, -0.15) is 0 Å². The molecule has 0 aliphatic carbocycles. The predicted molar refractivity (Wildman–Crippen MR) is 80.5 cm³/mol. The second kappa shape index (κ2) is 8.79. The Morgan fingerprint density at radius 2 is 1.85 bits per heavy atom. The zero-order chi connectivity index (χ0) is 15.0. The number of rotatable bonds is 9. The topological polar surface area (TPSA) is 57.0 Å². The summed E-state index contributed by atoms with van der Waals surface area (Å²) in [6, 6.07) is 5.75. The van der Waals surface area contributed by atoms with Crippen LogP contribution in [0.25, 0.3) is 0 Å². The van der Waals surface area contributed by atoms with E-state index in [0.717, 1.165) is 37.4 Å². The number of hydrogen-bond donors (Lipinski definition) is 1. The van der Waals surface area contributed by atoms with Crippen molar-refractivity contribution in [3.63, 3.8) is 0 Å². The van der Waals surface area contributed by atoms with Crippen molar-refractivity contribution >= 4 is 0 Å². The van der Waals surface area contributed by atoms with Gasteiger partial charge >= 0.3 is 0 Å². The zero-order valence-electron chi connectivity index (χ0n) is 12.9. The van der Waals surface area contributed by atoms with Gasteiger partial charge in [0, 0.05) is 32.8 Å². The molecule has 5 heteroatoms. The van der Waals surface area contributed by atoms with E-state index in [-0.39, 0.29) is 6.04 Å². The first-order valence-corrected chi connectivity index (χ1v) is 6.77. The molecule has 1 aromatic rings. The van der Waals surface area contributed by atoms with Gasteiger partial charge in [0.2, 0.25) is 0 Å². The Balaban J connectivity index is 2.60. The van der Waals surface area contributed by atoms with Crippen LogP contribution in [0.2, 0.25) is 0 Å². The fraction of sp³-hybridized carbons (Fsp3) is 0.600. The minimum atomic E-state index is -0.0534. The van der Waals surface area contributed by atoms with Crippen molar-refractivity contribution in [1.82, 2.24) is 4.90 Å². The van der Waals surface area contributed by atoms with E-state index in [0.29, 0.717) is 5.75 Å². The molecule has 5 nitrogen and oxygen atoms in total. The van der Waals surface area contributed by atoms with Crippen LogP contribution in [0.1, 0.15) is 18.0 Å². The maximum Gasteiger partial charge on any atom is 0.161 e. The van der Waals surface area contributed by atoms with Crippen LogP contribution in [0.5, 0.6) is 11.5 Å². The van der Waals surface area contributed by atoms with Crippen molar-refractivity contribution in [2.24, 2.45) is 5.73 Å². The molecule has 1 atom stereocenters. The third kappa shape index (κ3) is 5.00. The standard InChI is InChI=1S/C15H26N2O3/c1-17(8-5-9-18-2)11-13(16)12-6-7-14(19-3)15(10-12)20-4/h6-7,10,13H,5,8-9,11,16H2,1-4H3. The summed E-state index contributed by atoms with van der Waals surface area (Å²) < 4.78 is 15.6. The highest BCUT2D eigenvalue weighted by Crippen LogP contribution is 2.29. The average Bonchev–Trinajstić information content (AvgIpc) is 2.46. The van der Waals surface area contributed by atoms with E-state index in [2.05, 4.69) is 11.9 Å². The number of methoxy groups -OCH3 is 3. The Morgan fingerprint density at radius 3 is 2.45 bits per heavy atom. The van der Waals surface area contributed by atoms with Gasteiger partial charge in [-0.3, -0.25) is 0 Å². The summed E-state index contributed by atoms with van der Waals surface area (Å²) in [5.41, 5.74) is 7.29. The molecule has 20 heavy (non-hydrogen) atoms. The molecule has 0 aliphatic rings. The summed E-state index contributed by atoms with van der Waals surface area (Å²) in [5, 5.41) is 0. The van der Waals surface area contributed by atoms with E-state index in [1.165, 1.54) is 0 Å². The van der Waals surface area contributed by atoms with Gasteiger partial charge in [-0.05, 0) is 31.2 Å². The summed E-state index contributed by atoms with van der Waals surface area (Å²) >= 11 is 0. The lowest BCUT2D eigenvalue weighted by Crippen LogP contribution is -2.30. The highest BCUT2D eigenvalue weighted by molar-refractivity contribution is 5.43. The Morgan fingerprint density at radius 1 is 1.15 bits per heavy atom. The lowest BCUT2D eigenvalue weighted by molar-refractivity contribution is 0.177. The van der Waals surface area contributed by atoms with E-state index in [1.807, 2.05) is 18.2 Å². The Bertz CT molecular complexity index is 399. The fourth-order valence-electron chi connectivity index (χ4n) is 2.09. The number of nitrogens with two attached hydrogens (primary N) is 1. The smallest absolute Gasteiger partial charge is 0.161 e. The first-order chi connectivity index (χ1) is 9.62. The van der Waals surface area contributed by atoms with Crippen molar-refractivity contribution in [2.45, 2.75) is 12.5 Å². The fourth-order valence-corrected chi connectivity index (χ4v) is 2.09. The second-order valence-electron chi connectivity index (χ2n) is 4.83. The maximum absolute atomic E-state index is 6.25. The van der Waals surface area contributed by atoms with E-state index in [9.17, 15) is 0 Å². The van der Waals surface area contributed by atoms with Crippen molar-refractivity contribution in [1.29, 1.82) is 0 Å². The molecule has 0 saturated carbocycles.